The molecule has 0 saturated carbocycles. The van der Waals surface area contributed by atoms with Crippen LogP contribution in [0, 0.1) is 6.92 Å². The first-order chi connectivity index (χ1) is 15.6. The summed E-state index contributed by atoms with van der Waals surface area (Å²) in [5.41, 5.74) is -0.0232. The summed E-state index contributed by atoms with van der Waals surface area (Å²) in [5.74, 6) is -0.601. The van der Waals surface area contributed by atoms with Gasteiger partial charge in [-0.25, -0.2) is 4.79 Å². The number of rotatable bonds is 9. The molecule has 0 heterocycles. The van der Waals surface area contributed by atoms with Crippen LogP contribution in [0.15, 0.2) is 18.2 Å². The summed E-state index contributed by atoms with van der Waals surface area (Å²) < 4.78 is 5.30. The molecule has 8 heteroatoms. The van der Waals surface area contributed by atoms with Crippen molar-refractivity contribution in [2.75, 3.05) is 6.54 Å². The van der Waals surface area contributed by atoms with Gasteiger partial charge < -0.3 is 25.4 Å². The lowest BCUT2D eigenvalue weighted by molar-refractivity contribution is -0.142. The molecule has 2 atom stereocenters. The number of aromatic hydroxyl groups is 1. The van der Waals surface area contributed by atoms with E-state index in [0.29, 0.717) is 24.1 Å². The molecular weight excluding hydrogens is 434 g/mol. The largest absolute Gasteiger partial charge is 0.508 e. The fourth-order valence-electron chi connectivity index (χ4n) is 3.45. The van der Waals surface area contributed by atoms with E-state index in [2.05, 4.69) is 17.6 Å². The van der Waals surface area contributed by atoms with Crippen molar-refractivity contribution >= 4 is 17.9 Å². The molecule has 3 amide bonds. The molecule has 34 heavy (non-hydrogen) atoms. The van der Waals surface area contributed by atoms with Gasteiger partial charge in [-0.05, 0) is 85.1 Å². The summed E-state index contributed by atoms with van der Waals surface area (Å²) in [4.78, 5) is 40.9. The molecule has 0 bridgehead atoms. The second kappa shape index (κ2) is 12.1. The average Bonchev–Trinajstić information content (AvgIpc) is 2.66. The minimum Gasteiger partial charge on any atom is -0.508 e. The zero-order chi connectivity index (χ0) is 26.3. The predicted molar refractivity (Wildman–Crippen MR) is 134 cm³/mol. The lowest BCUT2D eigenvalue weighted by Gasteiger charge is -2.35. The summed E-state index contributed by atoms with van der Waals surface area (Å²) in [6, 6.07) is 3.07. The van der Waals surface area contributed by atoms with Gasteiger partial charge in [0.2, 0.25) is 11.8 Å². The van der Waals surface area contributed by atoms with E-state index < -0.39 is 29.3 Å². The maximum absolute atomic E-state index is 13.6. The van der Waals surface area contributed by atoms with Crippen molar-refractivity contribution in [3.63, 3.8) is 0 Å². The number of aryl methyl sites for hydroxylation is 1. The number of carbonyl (C=O) groups excluding carboxylic acids is 3. The van der Waals surface area contributed by atoms with Crippen LogP contribution < -0.4 is 10.6 Å². The Hall–Kier alpha value is -2.77. The Morgan fingerprint density at radius 2 is 1.71 bits per heavy atom. The van der Waals surface area contributed by atoms with E-state index in [-0.39, 0.29) is 17.6 Å². The minimum absolute atomic E-state index is 0.113. The fraction of sp³-hybridized carbons (Fsp3) is 0.654. The minimum atomic E-state index is -0.925. The van der Waals surface area contributed by atoms with Crippen LogP contribution in [0.5, 0.6) is 5.75 Å². The number of alkyl carbamates (subject to hydrolysis) is 1. The van der Waals surface area contributed by atoms with Gasteiger partial charge in [0.1, 0.15) is 23.4 Å². The van der Waals surface area contributed by atoms with Crippen molar-refractivity contribution in [3.8, 4) is 5.75 Å². The first-order valence-electron chi connectivity index (χ1n) is 12.0. The van der Waals surface area contributed by atoms with Crippen molar-refractivity contribution in [1.82, 2.24) is 15.5 Å². The number of unbranched alkanes of at least 4 members (excludes halogenated alkanes) is 2. The standard InChI is InChI=1S/C26H43N3O5/c1-10-11-12-15-29(23(32)18(3)27-24(33)34-26(7,8)9)21(22(31)28-25(4,5)6)19-13-14-20(30)17(2)16-19/h13-14,16,18,21,30H,10-12,15H2,1-9H3,(H,27,33)(H,28,31). The highest BCUT2D eigenvalue weighted by Gasteiger charge is 2.35. The van der Waals surface area contributed by atoms with Crippen molar-refractivity contribution in [2.24, 2.45) is 0 Å². The molecule has 8 nitrogen and oxygen atoms in total. The number of nitrogens with one attached hydrogen (secondary N) is 2. The maximum Gasteiger partial charge on any atom is 0.408 e. The molecular formula is C26H43N3O5. The molecule has 3 N–H and O–H groups in total. The summed E-state index contributed by atoms with van der Waals surface area (Å²) in [5, 5.41) is 15.6. The Morgan fingerprint density at radius 3 is 2.21 bits per heavy atom. The van der Waals surface area contributed by atoms with E-state index >= 15 is 0 Å². The quantitative estimate of drug-likeness (QED) is 0.451. The third kappa shape index (κ3) is 9.61. The van der Waals surface area contributed by atoms with Gasteiger partial charge in [0.25, 0.3) is 0 Å². The third-order valence-electron chi connectivity index (χ3n) is 4.98. The van der Waals surface area contributed by atoms with E-state index in [1.54, 1.807) is 46.8 Å². The molecule has 1 aromatic carbocycles. The average molecular weight is 478 g/mol. The smallest absolute Gasteiger partial charge is 0.408 e. The number of hydrogen-bond donors (Lipinski definition) is 3. The van der Waals surface area contributed by atoms with Gasteiger partial charge in [-0.1, -0.05) is 25.8 Å². The fourth-order valence-corrected chi connectivity index (χ4v) is 3.45. The van der Waals surface area contributed by atoms with E-state index in [9.17, 15) is 19.5 Å². The number of ether oxygens (including phenoxy) is 1. The van der Waals surface area contributed by atoms with Crippen LogP contribution in [-0.2, 0) is 14.3 Å². The van der Waals surface area contributed by atoms with Crippen molar-refractivity contribution in [2.45, 2.75) is 105 Å². The molecule has 1 aromatic rings. The van der Waals surface area contributed by atoms with Gasteiger partial charge in [0.05, 0.1) is 0 Å². The van der Waals surface area contributed by atoms with Crippen LogP contribution in [0.25, 0.3) is 0 Å². The molecule has 0 aliphatic carbocycles. The van der Waals surface area contributed by atoms with Crippen molar-refractivity contribution in [3.05, 3.63) is 29.3 Å². The Bertz CT molecular complexity index is 855. The van der Waals surface area contributed by atoms with Gasteiger partial charge >= 0.3 is 6.09 Å². The molecule has 0 aliphatic heterocycles. The third-order valence-corrected chi connectivity index (χ3v) is 4.98. The number of benzene rings is 1. The van der Waals surface area contributed by atoms with Crippen LogP contribution in [0.2, 0.25) is 0 Å². The molecule has 0 aliphatic rings. The lowest BCUT2D eigenvalue weighted by Crippen LogP contribution is -2.54. The molecule has 0 saturated heterocycles. The van der Waals surface area contributed by atoms with Crippen LogP contribution in [0.1, 0.15) is 91.8 Å². The Kier molecular flexibility index (Phi) is 10.4. The number of phenols is 1. The van der Waals surface area contributed by atoms with Crippen molar-refractivity contribution in [1.29, 1.82) is 0 Å². The molecule has 1 rings (SSSR count). The van der Waals surface area contributed by atoms with E-state index in [1.807, 2.05) is 20.8 Å². The second-order valence-electron chi connectivity index (χ2n) is 10.8. The number of hydrogen-bond acceptors (Lipinski definition) is 5. The summed E-state index contributed by atoms with van der Waals surface area (Å²) >= 11 is 0. The van der Waals surface area contributed by atoms with Gasteiger partial charge in [0, 0.05) is 12.1 Å². The highest BCUT2D eigenvalue weighted by molar-refractivity contribution is 5.92. The molecule has 0 spiro atoms. The van der Waals surface area contributed by atoms with Crippen LogP contribution in [-0.4, -0.2) is 51.6 Å². The SMILES string of the molecule is CCCCCN(C(=O)C(C)NC(=O)OC(C)(C)C)C(C(=O)NC(C)(C)C)c1ccc(O)c(C)c1. The number of phenolic OH excluding ortho intramolecular Hbond substituents is 1. The lowest BCUT2D eigenvalue weighted by atomic mass is 9.98. The molecule has 0 fully saturated rings. The van der Waals surface area contributed by atoms with Gasteiger partial charge in [0.15, 0.2) is 0 Å². The van der Waals surface area contributed by atoms with Crippen LogP contribution >= 0.6 is 0 Å². The molecule has 192 valence electrons. The summed E-state index contributed by atoms with van der Waals surface area (Å²) in [7, 11) is 0. The second-order valence-corrected chi connectivity index (χ2v) is 10.8. The zero-order valence-electron chi connectivity index (χ0n) is 22.2. The maximum atomic E-state index is 13.6. The Morgan fingerprint density at radius 1 is 1.09 bits per heavy atom. The van der Waals surface area contributed by atoms with Gasteiger partial charge in [-0.2, -0.15) is 0 Å². The Labute approximate surface area is 204 Å². The normalized spacial score (nSPS) is 13.6. The van der Waals surface area contributed by atoms with Gasteiger partial charge in [-0.15, -0.1) is 0 Å². The first-order valence-corrected chi connectivity index (χ1v) is 12.0. The summed E-state index contributed by atoms with van der Waals surface area (Å²) in [6.07, 6.45) is 1.85. The number of carbonyl (C=O) groups is 3. The highest BCUT2D eigenvalue weighted by atomic mass is 16.6. The highest BCUT2D eigenvalue weighted by Crippen LogP contribution is 2.28. The molecule has 2 unspecified atom stereocenters. The van der Waals surface area contributed by atoms with Crippen LogP contribution in [0.3, 0.4) is 0 Å². The topological polar surface area (TPSA) is 108 Å². The van der Waals surface area contributed by atoms with Crippen molar-refractivity contribution < 1.29 is 24.2 Å². The Balaban J connectivity index is 3.39. The molecule has 0 aromatic heterocycles. The number of nitrogens with zero attached hydrogens (tertiary/aromatic N) is 1. The van der Waals surface area contributed by atoms with Crippen LogP contribution in [0.4, 0.5) is 4.79 Å². The van der Waals surface area contributed by atoms with E-state index in [1.165, 1.54) is 11.0 Å². The molecule has 0 radical (unpaired) electrons. The summed E-state index contributed by atoms with van der Waals surface area (Å²) in [6.45, 7) is 16.6. The zero-order valence-corrected chi connectivity index (χ0v) is 22.2. The van der Waals surface area contributed by atoms with Gasteiger partial charge in [-0.3, -0.25) is 9.59 Å². The first kappa shape index (κ1) is 29.3. The van der Waals surface area contributed by atoms with E-state index in [4.69, 9.17) is 4.74 Å². The monoisotopic (exact) mass is 477 g/mol. The van der Waals surface area contributed by atoms with E-state index in [0.717, 1.165) is 12.8 Å². The number of amides is 3. The predicted octanol–water partition coefficient (Wildman–Crippen LogP) is 4.59.